The zero-order valence-electron chi connectivity index (χ0n) is 11.0. The second-order valence-corrected chi connectivity index (χ2v) is 7.44. The molecule has 4 atom stereocenters. The summed E-state index contributed by atoms with van der Waals surface area (Å²) in [5, 5.41) is 7.43. The number of fused-ring (bicyclic) bond motifs is 2. The monoisotopic (exact) mass is 210 g/mol. The second-order valence-electron chi connectivity index (χ2n) is 7.44. The van der Waals surface area contributed by atoms with E-state index in [1.807, 2.05) is 0 Å². The van der Waals surface area contributed by atoms with Crippen LogP contribution in [0.2, 0.25) is 0 Å². The van der Waals surface area contributed by atoms with E-state index in [1.165, 1.54) is 0 Å². The number of hydrogen-bond donors (Lipinski definition) is 2. The number of piperazine rings is 1. The number of piperidine rings is 1. The van der Waals surface area contributed by atoms with Crippen molar-refractivity contribution in [1.29, 1.82) is 0 Å². The van der Waals surface area contributed by atoms with Gasteiger partial charge in [-0.25, -0.2) is 0 Å². The molecule has 0 aliphatic carbocycles. The highest BCUT2D eigenvalue weighted by atomic mass is 15.2. The summed E-state index contributed by atoms with van der Waals surface area (Å²) >= 11 is 0. The van der Waals surface area contributed by atoms with Crippen LogP contribution in [0.5, 0.6) is 0 Å². The Balaban J connectivity index is 2.15. The predicted molar refractivity (Wildman–Crippen MR) is 64.9 cm³/mol. The first-order valence-corrected chi connectivity index (χ1v) is 6.21. The van der Waals surface area contributed by atoms with Crippen molar-refractivity contribution in [3.63, 3.8) is 0 Å². The Morgan fingerprint density at radius 1 is 0.933 bits per heavy atom. The minimum Gasteiger partial charge on any atom is -0.310 e. The molecule has 3 aliphatic heterocycles. The zero-order valence-corrected chi connectivity index (χ0v) is 11.0. The average molecular weight is 210 g/mol. The Morgan fingerprint density at radius 3 is 1.93 bits per heavy atom. The topological polar surface area (TPSA) is 24.1 Å². The largest absolute Gasteiger partial charge is 0.310 e. The fourth-order valence-corrected chi connectivity index (χ4v) is 3.44. The van der Waals surface area contributed by atoms with Gasteiger partial charge in [0.1, 0.15) is 0 Å². The molecule has 3 heterocycles. The second kappa shape index (κ2) is 3.21. The van der Waals surface area contributed by atoms with Gasteiger partial charge in [-0.2, -0.15) is 0 Å². The Labute approximate surface area is 94.2 Å². The van der Waals surface area contributed by atoms with Gasteiger partial charge >= 0.3 is 0 Å². The van der Waals surface area contributed by atoms with E-state index in [0.717, 1.165) is 12.5 Å². The lowest BCUT2D eigenvalue weighted by Crippen LogP contribution is -2.80. The molecule has 0 aromatic rings. The van der Waals surface area contributed by atoms with Crippen LogP contribution in [0.25, 0.3) is 0 Å². The molecule has 88 valence electrons. The molecule has 3 rings (SSSR count). The summed E-state index contributed by atoms with van der Waals surface area (Å²) in [4.78, 5) is 0. The van der Waals surface area contributed by atoms with Crippen molar-refractivity contribution in [2.75, 3.05) is 6.54 Å². The van der Waals surface area contributed by atoms with Crippen LogP contribution >= 0.6 is 0 Å². The van der Waals surface area contributed by atoms with Crippen molar-refractivity contribution in [3.05, 3.63) is 0 Å². The van der Waals surface area contributed by atoms with Crippen LogP contribution in [0, 0.1) is 16.7 Å². The van der Waals surface area contributed by atoms with E-state index < -0.39 is 0 Å². The summed E-state index contributed by atoms with van der Waals surface area (Å²) < 4.78 is 0. The van der Waals surface area contributed by atoms with Gasteiger partial charge in [0, 0.05) is 24.7 Å². The van der Waals surface area contributed by atoms with Gasteiger partial charge in [-0.05, 0) is 16.7 Å². The van der Waals surface area contributed by atoms with Crippen molar-refractivity contribution >= 4 is 0 Å². The molecule has 0 aromatic carbocycles. The van der Waals surface area contributed by atoms with E-state index >= 15 is 0 Å². The van der Waals surface area contributed by atoms with Crippen molar-refractivity contribution in [2.24, 2.45) is 16.7 Å². The standard InChI is InChI=1S/C13H26N2/c1-12(2,3)9-8-7-14-11(10(9)15-8)13(4,5)6/h8-11,14-15H,7H2,1-6H3. The van der Waals surface area contributed by atoms with Crippen molar-refractivity contribution in [1.82, 2.24) is 10.6 Å². The molecule has 2 heteroatoms. The summed E-state index contributed by atoms with van der Waals surface area (Å²) in [6.45, 7) is 15.3. The molecule has 4 unspecified atom stereocenters. The minimum absolute atomic E-state index is 0.354. The Hall–Kier alpha value is -0.0800. The maximum absolute atomic E-state index is 3.73. The van der Waals surface area contributed by atoms with Gasteiger partial charge in [0.25, 0.3) is 0 Å². The molecule has 3 aliphatic rings. The van der Waals surface area contributed by atoms with Crippen LogP contribution in [0.4, 0.5) is 0 Å². The molecule has 2 N–H and O–H groups in total. The van der Waals surface area contributed by atoms with Gasteiger partial charge in [0.15, 0.2) is 0 Å². The molecule has 0 amide bonds. The van der Waals surface area contributed by atoms with Crippen molar-refractivity contribution in [3.8, 4) is 0 Å². The molecule has 0 aromatic heterocycles. The fourth-order valence-electron chi connectivity index (χ4n) is 3.44. The SMILES string of the molecule is CC(C)(C)C1NCC2NC1C2C(C)(C)C. The first-order chi connectivity index (χ1) is 6.71. The summed E-state index contributed by atoms with van der Waals surface area (Å²) in [7, 11) is 0. The molecule has 15 heavy (non-hydrogen) atoms. The summed E-state index contributed by atoms with van der Waals surface area (Å²) in [6, 6.07) is 1.99. The van der Waals surface area contributed by atoms with E-state index in [-0.39, 0.29) is 0 Å². The van der Waals surface area contributed by atoms with Gasteiger partial charge in [-0.3, -0.25) is 0 Å². The smallest absolute Gasteiger partial charge is 0.0278 e. The molecule has 0 radical (unpaired) electrons. The maximum Gasteiger partial charge on any atom is 0.0278 e. The molecule has 2 bridgehead atoms. The first kappa shape index (κ1) is 11.4. The molecular formula is C13H26N2. The Bertz CT molecular complexity index is 228. The Kier molecular flexibility index (Phi) is 2.44. The van der Waals surface area contributed by atoms with E-state index in [9.17, 15) is 0 Å². The molecule has 0 spiro atoms. The van der Waals surface area contributed by atoms with Gasteiger partial charge < -0.3 is 10.6 Å². The first-order valence-electron chi connectivity index (χ1n) is 6.21. The van der Waals surface area contributed by atoms with Crippen molar-refractivity contribution < 1.29 is 0 Å². The third kappa shape index (κ3) is 1.83. The Morgan fingerprint density at radius 2 is 1.53 bits per heavy atom. The van der Waals surface area contributed by atoms with E-state index in [2.05, 4.69) is 52.2 Å². The molecule has 3 fully saturated rings. The molecule has 2 nitrogen and oxygen atoms in total. The highest BCUT2D eigenvalue weighted by Gasteiger charge is 2.55. The van der Waals surface area contributed by atoms with Crippen LogP contribution in [0.3, 0.4) is 0 Å². The maximum atomic E-state index is 3.73. The highest BCUT2D eigenvalue weighted by Crippen LogP contribution is 2.44. The van der Waals surface area contributed by atoms with Crippen molar-refractivity contribution in [2.45, 2.75) is 59.7 Å². The van der Waals surface area contributed by atoms with Gasteiger partial charge in [0.05, 0.1) is 0 Å². The minimum atomic E-state index is 0.354. The third-order valence-corrected chi connectivity index (χ3v) is 4.08. The highest BCUT2D eigenvalue weighted by molar-refractivity contribution is 5.14. The lowest BCUT2D eigenvalue weighted by Gasteiger charge is -2.62. The van der Waals surface area contributed by atoms with Crippen LogP contribution in [-0.4, -0.2) is 24.7 Å². The predicted octanol–water partition coefficient (Wildman–Crippen LogP) is 2.01. The lowest BCUT2D eigenvalue weighted by atomic mass is 9.59. The van der Waals surface area contributed by atoms with Crippen LogP contribution < -0.4 is 10.6 Å². The quantitative estimate of drug-likeness (QED) is 0.639. The lowest BCUT2D eigenvalue weighted by molar-refractivity contribution is -0.0427. The average Bonchev–Trinajstić information content (AvgIpc) is 1.98. The molecule has 3 saturated heterocycles. The van der Waals surface area contributed by atoms with Crippen LogP contribution in [0.1, 0.15) is 41.5 Å². The van der Waals surface area contributed by atoms with E-state index in [1.54, 1.807) is 0 Å². The fraction of sp³-hybridized carbons (Fsp3) is 1.00. The molecular weight excluding hydrogens is 184 g/mol. The van der Waals surface area contributed by atoms with Gasteiger partial charge in [0.2, 0.25) is 0 Å². The third-order valence-electron chi connectivity index (χ3n) is 4.08. The van der Waals surface area contributed by atoms with E-state index in [4.69, 9.17) is 0 Å². The zero-order chi connectivity index (χ0) is 11.4. The number of hydrogen-bond acceptors (Lipinski definition) is 2. The normalized spacial score (nSPS) is 41.2. The number of nitrogens with one attached hydrogen (secondary N) is 2. The summed E-state index contributed by atoms with van der Waals surface area (Å²) in [6.07, 6.45) is 0. The molecule has 0 saturated carbocycles. The van der Waals surface area contributed by atoms with Crippen LogP contribution in [0.15, 0.2) is 0 Å². The van der Waals surface area contributed by atoms with Crippen LogP contribution in [-0.2, 0) is 0 Å². The summed E-state index contributed by atoms with van der Waals surface area (Å²) in [5.74, 6) is 0.836. The van der Waals surface area contributed by atoms with E-state index in [0.29, 0.717) is 29.0 Å². The summed E-state index contributed by atoms with van der Waals surface area (Å²) in [5.41, 5.74) is 0.790. The number of rotatable bonds is 0. The van der Waals surface area contributed by atoms with Gasteiger partial charge in [-0.1, -0.05) is 41.5 Å². The van der Waals surface area contributed by atoms with Gasteiger partial charge in [-0.15, -0.1) is 0 Å².